The van der Waals surface area contributed by atoms with Crippen molar-refractivity contribution in [2.45, 2.75) is 25.5 Å². The predicted molar refractivity (Wildman–Crippen MR) is 94.0 cm³/mol. The maximum Gasteiger partial charge on any atom is 0.314 e. The Morgan fingerprint density at radius 3 is 2.92 bits per heavy atom. The molecule has 3 N–H and O–H groups in total. The van der Waals surface area contributed by atoms with Gasteiger partial charge in [-0.25, -0.2) is 9.78 Å². The fourth-order valence-electron chi connectivity index (χ4n) is 2.63. The summed E-state index contributed by atoms with van der Waals surface area (Å²) in [4.78, 5) is 16.2. The van der Waals surface area contributed by atoms with Crippen molar-refractivity contribution < 1.29 is 14.3 Å². The van der Waals surface area contributed by atoms with Crippen LogP contribution in [-0.2, 0) is 12.1 Å². The molecule has 0 aliphatic rings. The van der Waals surface area contributed by atoms with Crippen LogP contribution in [-0.4, -0.2) is 33.8 Å². The highest BCUT2D eigenvalue weighted by atomic mass is 16.4. The van der Waals surface area contributed by atoms with E-state index in [9.17, 15) is 9.90 Å². The zero-order valence-corrected chi connectivity index (χ0v) is 14.1. The van der Waals surface area contributed by atoms with E-state index in [1.807, 2.05) is 30.6 Å². The topological polar surface area (TPSA) is 92.3 Å². The zero-order chi connectivity index (χ0) is 17.7. The van der Waals surface area contributed by atoms with E-state index in [2.05, 4.69) is 20.2 Å². The van der Waals surface area contributed by atoms with Gasteiger partial charge in [-0.15, -0.1) is 0 Å². The molecule has 0 saturated heterocycles. The second-order valence-corrected chi connectivity index (χ2v) is 6.14. The Morgan fingerprint density at radius 1 is 1.28 bits per heavy atom. The summed E-state index contributed by atoms with van der Waals surface area (Å²) in [6.45, 7) is 2.96. The average Bonchev–Trinajstić information content (AvgIpc) is 3.27. The number of urea groups is 1. The van der Waals surface area contributed by atoms with E-state index >= 15 is 0 Å². The molecule has 1 aromatic carbocycles. The molecular weight excluding hydrogens is 320 g/mol. The normalized spacial score (nSPS) is 13.5. The molecule has 0 spiro atoms. The van der Waals surface area contributed by atoms with Gasteiger partial charge in [0.05, 0.1) is 30.2 Å². The number of nitrogens with one attached hydrogen (secondary N) is 2. The van der Waals surface area contributed by atoms with E-state index in [1.165, 1.54) is 6.26 Å². The van der Waals surface area contributed by atoms with Gasteiger partial charge in [-0.2, -0.15) is 0 Å². The highest BCUT2D eigenvalue weighted by Crippen LogP contribution is 2.19. The number of nitrogens with zero attached hydrogens (tertiary/aromatic N) is 2. The smallest absolute Gasteiger partial charge is 0.314 e. The number of fused-ring (bicyclic) bond motifs is 1. The number of aromatic nitrogens is 2. The maximum absolute atomic E-state index is 11.8. The predicted octanol–water partition coefficient (Wildman–Crippen LogP) is 2.23. The molecule has 7 nitrogen and oxygen atoms in total. The van der Waals surface area contributed by atoms with Gasteiger partial charge in [-0.05, 0) is 37.6 Å². The molecule has 2 heterocycles. The van der Waals surface area contributed by atoms with Gasteiger partial charge in [0.1, 0.15) is 11.4 Å². The van der Waals surface area contributed by atoms with Crippen molar-refractivity contribution in [2.24, 2.45) is 0 Å². The lowest BCUT2D eigenvalue weighted by Crippen LogP contribution is -2.43. The van der Waals surface area contributed by atoms with Crippen LogP contribution in [0, 0.1) is 0 Å². The number of amides is 2. The van der Waals surface area contributed by atoms with Gasteiger partial charge in [-0.1, -0.05) is 12.1 Å². The molecule has 25 heavy (non-hydrogen) atoms. The van der Waals surface area contributed by atoms with Gasteiger partial charge in [-0.3, -0.25) is 0 Å². The van der Waals surface area contributed by atoms with Gasteiger partial charge in [0.25, 0.3) is 0 Å². The Bertz CT molecular complexity index is 824. The Labute approximate surface area is 145 Å². The number of para-hydroxylation sites is 2. The number of carbonyl (C=O) groups excluding carboxylic acids is 1. The van der Waals surface area contributed by atoms with Crippen LogP contribution >= 0.6 is 0 Å². The first-order chi connectivity index (χ1) is 12.1. The summed E-state index contributed by atoms with van der Waals surface area (Å²) in [7, 11) is 0. The summed E-state index contributed by atoms with van der Waals surface area (Å²) in [5.74, 6) is 0.416. The molecule has 0 bridgehead atoms. The lowest BCUT2D eigenvalue weighted by Gasteiger charge is -2.21. The quantitative estimate of drug-likeness (QED) is 0.574. The Hall–Kier alpha value is -2.80. The molecule has 0 radical (unpaired) electrons. The molecule has 3 aromatic rings. The molecule has 7 heteroatoms. The van der Waals surface area contributed by atoms with Crippen molar-refractivity contribution in [1.82, 2.24) is 20.2 Å². The first-order valence-corrected chi connectivity index (χ1v) is 8.24. The number of aryl methyl sites for hydroxylation is 1. The van der Waals surface area contributed by atoms with Crippen LogP contribution in [0.5, 0.6) is 0 Å². The Kier molecular flexibility index (Phi) is 5.04. The molecule has 2 amide bonds. The van der Waals surface area contributed by atoms with Crippen molar-refractivity contribution in [1.29, 1.82) is 0 Å². The van der Waals surface area contributed by atoms with Crippen molar-refractivity contribution in [3.8, 4) is 0 Å². The van der Waals surface area contributed by atoms with Crippen LogP contribution < -0.4 is 10.6 Å². The third kappa shape index (κ3) is 4.19. The SMILES string of the molecule is C[C@@](O)(CNC(=O)NCCCn1cnc2ccccc21)c1ccco1. The maximum atomic E-state index is 11.8. The van der Waals surface area contributed by atoms with Gasteiger partial charge < -0.3 is 24.7 Å². The lowest BCUT2D eigenvalue weighted by atomic mass is 10.0. The number of furan rings is 1. The molecule has 0 aliphatic carbocycles. The molecule has 1 atom stereocenters. The summed E-state index contributed by atoms with van der Waals surface area (Å²) < 4.78 is 7.24. The second kappa shape index (κ2) is 7.40. The summed E-state index contributed by atoms with van der Waals surface area (Å²) in [5.41, 5.74) is 0.811. The molecule has 132 valence electrons. The van der Waals surface area contributed by atoms with E-state index in [4.69, 9.17) is 4.42 Å². The minimum atomic E-state index is -1.24. The second-order valence-electron chi connectivity index (χ2n) is 6.14. The largest absolute Gasteiger partial charge is 0.466 e. The monoisotopic (exact) mass is 342 g/mol. The van der Waals surface area contributed by atoms with Gasteiger partial charge in [0.15, 0.2) is 0 Å². The van der Waals surface area contributed by atoms with Crippen LogP contribution in [0.4, 0.5) is 4.79 Å². The van der Waals surface area contributed by atoms with Crippen molar-refractivity contribution in [3.05, 3.63) is 54.7 Å². The first-order valence-electron chi connectivity index (χ1n) is 8.24. The van der Waals surface area contributed by atoms with Crippen LogP contribution in [0.2, 0.25) is 0 Å². The number of rotatable bonds is 7. The molecular formula is C18H22N4O3. The van der Waals surface area contributed by atoms with Crippen LogP contribution in [0.3, 0.4) is 0 Å². The van der Waals surface area contributed by atoms with E-state index in [1.54, 1.807) is 19.1 Å². The van der Waals surface area contributed by atoms with Crippen LogP contribution in [0.15, 0.2) is 53.4 Å². The van der Waals surface area contributed by atoms with Crippen molar-refractivity contribution in [3.63, 3.8) is 0 Å². The summed E-state index contributed by atoms with van der Waals surface area (Å²) in [6.07, 6.45) is 4.08. The van der Waals surface area contributed by atoms with E-state index in [0.29, 0.717) is 12.3 Å². The standard InChI is InChI=1S/C18H22N4O3/c1-18(24,16-8-4-11-25-16)12-20-17(23)19-9-5-10-22-13-21-14-6-2-3-7-15(14)22/h2-4,6-8,11,13,24H,5,9-10,12H2,1H3,(H2,19,20,23)/t18-/m1/s1. The van der Waals surface area contributed by atoms with Gasteiger partial charge in [0.2, 0.25) is 0 Å². The number of aliphatic hydroxyl groups is 1. The molecule has 0 unspecified atom stereocenters. The first kappa shape index (κ1) is 17.0. The summed E-state index contributed by atoms with van der Waals surface area (Å²) in [6, 6.07) is 11.0. The Morgan fingerprint density at radius 2 is 2.12 bits per heavy atom. The third-order valence-electron chi connectivity index (χ3n) is 4.03. The van der Waals surface area contributed by atoms with Gasteiger partial charge >= 0.3 is 6.03 Å². The fourth-order valence-corrected chi connectivity index (χ4v) is 2.63. The minimum Gasteiger partial charge on any atom is -0.466 e. The number of carbonyl (C=O) groups is 1. The van der Waals surface area contributed by atoms with Gasteiger partial charge in [0, 0.05) is 13.1 Å². The molecule has 2 aromatic heterocycles. The summed E-state index contributed by atoms with van der Waals surface area (Å²) >= 11 is 0. The molecule has 0 aliphatic heterocycles. The zero-order valence-electron chi connectivity index (χ0n) is 14.1. The van der Waals surface area contributed by atoms with E-state index < -0.39 is 5.60 Å². The molecule has 0 fully saturated rings. The fraction of sp³-hybridized carbons (Fsp3) is 0.333. The lowest BCUT2D eigenvalue weighted by molar-refractivity contribution is 0.0367. The van der Waals surface area contributed by atoms with E-state index in [0.717, 1.165) is 24.0 Å². The number of benzene rings is 1. The van der Waals surface area contributed by atoms with Crippen LogP contribution in [0.25, 0.3) is 11.0 Å². The average molecular weight is 342 g/mol. The molecule has 0 saturated carbocycles. The van der Waals surface area contributed by atoms with Crippen molar-refractivity contribution in [2.75, 3.05) is 13.1 Å². The third-order valence-corrected chi connectivity index (χ3v) is 4.03. The molecule has 3 rings (SSSR count). The summed E-state index contributed by atoms with van der Waals surface area (Å²) in [5, 5.41) is 15.7. The minimum absolute atomic E-state index is 0.0680. The highest BCUT2D eigenvalue weighted by Gasteiger charge is 2.26. The number of hydrogen-bond donors (Lipinski definition) is 3. The number of hydrogen-bond acceptors (Lipinski definition) is 4. The van der Waals surface area contributed by atoms with Crippen molar-refractivity contribution >= 4 is 17.1 Å². The Balaban J connectivity index is 1.39. The number of imidazole rings is 1. The highest BCUT2D eigenvalue weighted by molar-refractivity contribution is 5.75. The van der Waals surface area contributed by atoms with Crippen LogP contribution in [0.1, 0.15) is 19.1 Å². The van der Waals surface area contributed by atoms with E-state index in [-0.39, 0.29) is 12.6 Å².